The Morgan fingerprint density at radius 2 is 1.79 bits per heavy atom. The van der Waals surface area contributed by atoms with Crippen LogP contribution in [-0.4, -0.2) is 75.3 Å². The third-order valence-corrected chi connectivity index (χ3v) is 6.42. The first kappa shape index (κ1) is 23.9. The normalized spacial score (nSPS) is 20.5. The third kappa shape index (κ3) is 8.51. The largest absolute Gasteiger partial charge is 0.379 e. The zero-order valence-electron chi connectivity index (χ0n) is 18.8. The van der Waals surface area contributed by atoms with Crippen LogP contribution in [0.3, 0.4) is 0 Å². The molecule has 1 amide bonds. The van der Waals surface area contributed by atoms with Gasteiger partial charge in [0.2, 0.25) is 5.91 Å². The number of hydrogen-bond donors (Lipinski definition) is 3. The second-order valence-electron chi connectivity index (χ2n) is 8.32. The van der Waals surface area contributed by atoms with Gasteiger partial charge in [-0.15, -0.1) is 0 Å². The summed E-state index contributed by atoms with van der Waals surface area (Å²) >= 11 is 0. The molecule has 3 N–H and O–H groups in total. The number of ether oxygens (including phenoxy) is 1. The van der Waals surface area contributed by atoms with Crippen molar-refractivity contribution in [1.29, 1.82) is 0 Å². The number of amides is 1. The molecule has 1 heterocycles. The van der Waals surface area contributed by atoms with Crippen LogP contribution in [0, 0.1) is 5.92 Å². The first-order chi connectivity index (χ1) is 14.2. The molecule has 0 radical (unpaired) electrons. The molecular formula is C22H43N5O2. The monoisotopic (exact) mass is 409 g/mol. The number of rotatable bonds is 10. The van der Waals surface area contributed by atoms with Crippen LogP contribution in [0.25, 0.3) is 0 Å². The van der Waals surface area contributed by atoms with Crippen molar-refractivity contribution in [2.24, 2.45) is 10.9 Å². The minimum atomic E-state index is 0.142. The highest BCUT2D eigenvalue weighted by molar-refractivity contribution is 5.81. The van der Waals surface area contributed by atoms with E-state index in [1.165, 1.54) is 32.1 Å². The Morgan fingerprint density at radius 3 is 2.41 bits per heavy atom. The van der Waals surface area contributed by atoms with Gasteiger partial charge >= 0.3 is 0 Å². The summed E-state index contributed by atoms with van der Waals surface area (Å²) in [5.41, 5.74) is 0. The van der Waals surface area contributed by atoms with Crippen LogP contribution in [-0.2, 0) is 9.53 Å². The Balaban J connectivity index is 1.74. The summed E-state index contributed by atoms with van der Waals surface area (Å²) < 4.78 is 5.54. The number of carbonyl (C=O) groups excluding carboxylic acids is 1. The van der Waals surface area contributed by atoms with E-state index >= 15 is 0 Å². The lowest BCUT2D eigenvalue weighted by Crippen LogP contribution is -2.53. The van der Waals surface area contributed by atoms with Crippen LogP contribution < -0.4 is 16.0 Å². The highest BCUT2D eigenvalue weighted by Crippen LogP contribution is 2.19. The van der Waals surface area contributed by atoms with Crippen LogP contribution in [0.1, 0.15) is 65.2 Å². The molecule has 1 saturated carbocycles. The van der Waals surface area contributed by atoms with Crippen molar-refractivity contribution in [3.63, 3.8) is 0 Å². The summed E-state index contributed by atoms with van der Waals surface area (Å²) in [4.78, 5) is 19.1. The van der Waals surface area contributed by atoms with E-state index in [1.54, 1.807) is 7.05 Å². The van der Waals surface area contributed by atoms with Gasteiger partial charge in [0.15, 0.2) is 5.96 Å². The predicted molar refractivity (Wildman–Crippen MR) is 119 cm³/mol. The molecule has 0 aromatic rings. The quantitative estimate of drug-likeness (QED) is 0.381. The molecule has 1 aliphatic heterocycles. The molecule has 168 valence electrons. The van der Waals surface area contributed by atoms with Crippen LogP contribution in [0.4, 0.5) is 0 Å². The molecule has 0 spiro atoms. The lowest BCUT2D eigenvalue weighted by atomic mass is 9.92. The van der Waals surface area contributed by atoms with Crippen molar-refractivity contribution in [3.8, 4) is 0 Å². The van der Waals surface area contributed by atoms with E-state index in [9.17, 15) is 4.79 Å². The van der Waals surface area contributed by atoms with Crippen molar-refractivity contribution < 1.29 is 9.53 Å². The van der Waals surface area contributed by atoms with Gasteiger partial charge in [-0.05, 0) is 18.8 Å². The van der Waals surface area contributed by atoms with Gasteiger partial charge in [0, 0.05) is 51.7 Å². The van der Waals surface area contributed by atoms with Gasteiger partial charge in [0.1, 0.15) is 0 Å². The van der Waals surface area contributed by atoms with E-state index in [0.29, 0.717) is 31.0 Å². The second-order valence-corrected chi connectivity index (χ2v) is 8.32. The number of guanidine groups is 1. The molecule has 0 bridgehead atoms. The molecule has 2 rings (SSSR count). The van der Waals surface area contributed by atoms with Gasteiger partial charge in [0.25, 0.3) is 0 Å². The molecule has 2 fully saturated rings. The molecule has 1 atom stereocenters. The fraction of sp³-hybridized carbons (Fsp3) is 0.909. The van der Waals surface area contributed by atoms with Crippen molar-refractivity contribution in [2.45, 2.75) is 77.3 Å². The fourth-order valence-electron chi connectivity index (χ4n) is 4.60. The number of nitrogens with zero attached hydrogens (tertiary/aromatic N) is 2. The maximum Gasteiger partial charge on any atom is 0.221 e. The molecule has 0 aromatic carbocycles. The Morgan fingerprint density at radius 1 is 1.10 bits per heavy atom. The van der Waals surface area contributed by atoms with Gasteiger partial charge in [-0.25, -0.2) is 0 Å². The zero-order valence-corrected chi connectivity index (χ0v) is 18.8. The maximum atomic E-state index is 12.2. The van der Waals surface area contributed by atoms with Crippen LogP contribution in [0.2, 0.25) is 0 Å². The van der Waals surface area contributed by atoms with E-state index in [-0.39, 0.29) is 5.91 Å². The number of morpholine rings is 1. The Labute approximate surface area is 177 Å². The summed E-state index contributed by atoms with van der Waals surface area (Å²) in [5, 5.41) is 9.98. The summed E-state index contributed by atoms with van der Waals surface area (Å²) in [5.74, 6) is 1.57. The summed E-state index contributed by atoms with van der Waals surface area (Å²) in [6, 6.07) is 0.852. The van der Waals surface area contributed by atoms with Gasteiger partial charge in [-0.1, -0.05) is 46.0 Å². The Bertz CT molecular complexity index is 484. The number of hydrogen-bond acceptors (Lipinski definition) is 4. The lowest BCUT2D eigenvalue weighted by molar-refractivity contribution is -0.121. The van der Waals surface area contributed by atoms with Crippen LogP contribution in [0.15, 0.2) is 4.99 Å². The zero-order chi connectivity index (χ0) is 20.9. The van der Waals surface area contributed by atoms with Crippen LogP contribution >= 0.6 is 0 Å². The average Bonchev–Trinajstić information content (AvgIpc) is 2.76. The molecule has 2 aliphatic rings. The van der Waals surface area contributed by atoms with E-state index in [4.69, 9.17) is 4.74 Å². The topological polar surface area (TPSA) is 78.0 Å². The van der Waals surface area contributed by atoms with Gasteiger partial charge in [-0.2, -0.15) is 0 Å². The van der Waals surface area contributed by atoms with Crippen molar-refractivity contribution in [1.82, 2.24) is 20.9 Å². The number of nitrogens with one attached hydrogen (secondary N) is 3. The van der Waals surface area contributed by atoms with E-state index in [2.05, 4.69) is 39.7 Å². The Hall–Kier alpha value is -1.34. The second kappa shape index (κ2) is 13.8. The molecule has 0 aromatic heterocycles. The summed E-state index contributed by atoms with van der Waals surface area (Å²) in [6.07, 6.45) is 8.86. The number of aliphatic imine (C=N–C) groups is 1. The molecule has 7 nitrogen and oxygen atoms in total. The maximum absolute atomic E-state index is 12.2. The first-order valence-electron chi connectivity index (χ1n) is 11.7. The van der Waals surface area contributed by atoms with E-state index in [1.807, 2.05) is 0 Å². The minimum absolute atomic E-state index is 0.142. The standard InChI is InChI=1S/C22H43N5O2/c1-4-18(5-2)20(27-13-15-29-16-14-27)17-25-22(23-3)24-12-11-21(28)26-19-9-7-6-8-10-19/h18-20H,4-17H2,1-3H3,(H,26,28)(H2,23,24,25). The molecule has 1 unspecified atom stereocenters. The number of carbonyl (C=O) groups is 1. The third-order valence-electron chi connectivity index (χ3n) is 6.42. The highest BCUT2D eigenvalue weighted by atomic mass is 16.5. The molecule has 1 saturated heterocycles. The van der Waals surface area contributed by atoms with Gasteiger partial charge < -0.3 is 20.7 Å². The smallest absolute Gasteiger partial charge is 0.221 e. The van der Waals surface area contributed by atoms with E-state index < -0.39 is 0 Å². The molecule has 29 heavy (non-hydrogen) atoms. The summed E-state index contributed by atoms with van der Waals surface area (Å²) in [6.45, 7) is 9.65. The molecule has 7 heteroatoms. The van der Waals surface area contributed by atoms with Crippen molar-refractivity contribution in [2.75, 3.05) is 46.4 Å². The summed E-state index contributed by atoms with van der Waals surface area (Å²) in [7, 11) is 1.79. The fourth-order valence-corrected chi connectivity index (χ4v) is 4.60. The average molecular weight is 410 g/mol. The van der Waals surface area contributed by atoms with E-state index in [0.717, 1.165) is 51.6 Å². The lowest BCUT2D eigenvalue weighted by Gasteiger charge is -2.39. The first-order valence-corrected chi connectivity index (χ1v) is 11.7. The van der Waals surface area contributed by atoms with Crippen molar-refractivity contribution in [3.05, 3.63) is 0 Å². The SMILES string of the molecule is CCC(CC)C(CNC(=NC)NCCC(=O)NC1CCCCC1)N1CCOCC1. The molecule has 1 aliphatic carbocycles. The van der Waals surface area contributed by atoms with Gasteiger partial charge in [-0.3, -0.25) is 14.7 Å². The van der Waals surface area contributed by atoms with Gasteiger partial charge in [0.05, 0.1) is 13.2 Å². The van der Waals surface area contributed by atoms with Crippen molar-refractivity contribution >= 4 is 11.9 Å². The highest BCUT2D eigenvalue weighted by Gasteiger charge is 2.27. The molecular weight excluding hydrogens is 366 g/mol. The minimum Gasteiger partial charge on any atom is -0.379 e. The Kier molecular flexibility index (Phi) is 11.4. The van der Waals surface area contributed by atoms with Crippen LogP contribution in [0.5, 0.6) is 0 Å². The predicted octanol–water partition coefficient (Wildman–Crippen LogP) is 2.13.